The maximum Gasteiger partial charge on any atom is 0.408 e. The molecule has 1 N–H and O–H groups in total. The van der Waals surface area contributed by atoms with Gasteiger partial charge in [-0.3, -0.25) is 0 Å². The molecule has 1 unspecified atom stereocenters. The summed E-state index contributed by atoms with van der Waals surface area (Å²) in [6.07, 6.45) is 0.757. The molecule has 2 rings (SSSR count). The Morgan fingerprint density at radius 3 is 2.89 bits per heavy atom. The molecule has 100 valence electrons. The van der Waals surface area contributed by atoms with E-state index >= 15 is 0 Å². The van der Waals surface area contributed by atoms with Gasteiger partial charge in [0, 0.05) is 6.61 Å². The summed E-state index contributed by atoms with van der Waals surface area (Å²) in [6, 6.07) is 11.5. The zero-order valence-electron chi connectivity index (χ0n) is 10.6. The van der Waals surface area contributed by atoms with Crippen molar-refractivity contribution in [1.82, 2.24) is 5.32 Å². The smallest absolute Gasteiger partial charge is 0.408 e. The van der Waals surface area contributed by atoms with Gasteiger partial charge in [0.1, 0.15) is 6.61 Å². The molecule has 1 fully saturated rings. The van der Waals surface area contributed by atoms with Crippen molar-refractivity contribution >= 4 is 6.09 Å². The minimum Gasteiger partial charge on any atom is -0.445 e. The van der Waals surface area contributed by atoms with Gasteiger partial charge in [-0.05, 0) is 18.4 Å². The molecule has 5 heteroatoms. The molecule has 1 heterocycles. The maximum atomic E-state index is 11.7. The average molecular weight is 260 g/mol. The first-order chi connectivity index (χ1) is 9.24. The standard InChI is InChI=1S/C14H16N2O3/c15-10-14(7-4-8-18-11-14)16-13(17)19-9-12-5-2-1-3-6-12/h1-3,5-6H,4,7-9,11H2,(H,16,17). The average Bonchev–Trinajstić information content (AvgIpc) is 2.47. The molecule has 19 heavy (non-hydrogen) atoms. The Morgan fingerprint density at radius 2 is 2.26 bits per heavy atom. The molecule has 1 aromatic rings. The lowest BCUT2D eigenvalue weighted by Gasteiger charge is -2.30. The highest BCUT2D eigenvalue weighted by molar-refractivity contribution is 5.69. The fourth-order valence-electron chi connectivity index (χ4n) is 1.96. The maximum absolute atomic E-state index is 11.7. The van der Waals surface area contributed by atoms with Gasteiger partial charge in [0.2, 0.25) is 0 Å². The predicted molar refractivity (Wildman–Crippen MR) is 68.2 cm³/mol. The van der Waals surface area contributed by atoms with Crippen LogP contribution in [0.15, 0.2) is 30.3 Å². The molecule has 1 atom stereocenters. The van der Waals surface area contributed by atoms with Gasteiger partial charge >= 0.3 is 6.09 Å². The number of carbonyl (C=O) groups excluding carboxylic acids is 1. The van der Waals surface area contributed by atoms with Crippen LogP contribution in [0.1, 0.15) is 18.4 Å². The van der Waals surface area contributed by atoms with Gasteiger partial charge < -0.3 is 14.8 Å². The molecule has 0 saturated carbocycles. The van der Waals surface area contributed by atoms with E-state index in [4.69, 9.17) is 9.47 Å². The second-order valence-electron chi connectivity index (χ2n) is 4.54. The Kier molecular flexibility index (Phi) is 4.37. The number of hydrogen-bond donors (Lipinski definition) is 1. The Morgan fingerprint density at radius 1 is 1.47 bits per heavy atom. The van der Waals surface area contributed by atoms with Crippen LogP contribution >= 0.6 is 0 Å². The third kappa shape index (κ3) is 3.70. The van der Waals surface area contributed by atoms with E-state index in [2.05, 4.69) is 11.4 Å². The van der Waals surface area contributed by atoms with E-state index in [9.17, 15) is 10.1 Å². The molecular weight excluding hydrogens is 244 g/mol. The lowest BCUT2D eigenvalue weighted by Crippen LogP contribution is -2.53. The first-order valence-electron chi connectivity index (χ1n) is 6.22. The molecule has 1 aromatic carbocycles. The van der Waals surface area contributed by atoms with E-state index in [0.717, 1.165) is 12.0 Å². The molecule has 1 aliphatic heterocycles. The summed E-state index contributed by atoms with van der Waals surface area (Å²) in [5, 5.41) is 11.8. The topological polar surface area (TPSA) is 71.4 Å². The minimum absolute atomic E-state index is 0.190. The molecule has 0 spiro atoms. The number of nitriles is 1. The van der Waals surface area contributed by atoms with Crippen LogP contribution in [0.25, 0.3) is 0 Å². The number of nitrogens with zero attached hydrogens (tertiary/aromatic N) is 1. The largest absolute Gasteiger partial charge is 0.445 e. The van der Waals surface area contributed by atoms with Gasteiger partial charge in [-0.15, -0.1) is 0 Å². The number of alkyl carbamates (subject to hydrolysis) is 1. The van der Waals surface area contributed by atoms with E-state index < -0.39 is 11.6 Å². The highest BCUT2D eigenvalue weighted by atomic mass is 16.5. The van der Waals surface area contributed by atoms with E-state index in [1.807, 2.05) is 30.3 Å². The van der Waals surface area contributed by atoms with Gasteiger partial charge in [-0.25, -0.2) is 4.79 Å². The summed E-state index contributed by atoms with van der Waals surface area (Å²) in [6.45, 7) is 1.03. The molecule has 1 saturated heterocycles. The lowest BCUT2D eigenvalue weighted by molar-refractivity contribution is 0.0398. The van der Waals surface area contributed by atoms with Crippen LogP contribution in [0.5, 0.6) is 0 Å². The number of amides is 1. The number of rotatable bonds is 3. The molecule has 0 aromatic heterocycles. The second kappa shape index (κ2) is 6.21. The second-order valence-corrected chi connectivity index (χ2v) is 4.54. The number of hydrogen-bond acceptors (Lipinski definition) is 4. The first-order valence-corrected chi connectivity index (χ1v) is 6.22. The van der Waals surface area contributed by atoms with Gasteiger partial charge in [0.25, 0.3) is 0 Å². The zero-order valence-corrected chi connectivity index (χ0v) is 10.6. The molecule has 1 amide bonds. The van der Waals surface area contributed by atoms with Crippen molar-refractivity contribution in [1.29, 1.82) is 5.26 Å². The van der Waals surface area contributed by atoms with E-state index in [-0.39, 0.29) is 13.2 Å². The van der Waals surface area contributed by atoms with E-state index in [1.54, 1.807) is 0 Å². The molecule has 5 nitrogen and oxygen atoms in total. The van der Waals surface area contributed by atoms with Gasteiger partial charge in [0.15, 0.2) is 5.54 Å². The summed E-state index contributed by atoms with van der Waals surface area (Å²) in [5.74, 6) is 0. The van der Waals surface area contributed by atoms with Crippen LogP contribution in [0, 0.1) is 11.3 Å². The summed E-state index contributed by atoms with van der Waals surface area (Å²) in [5.41, 5.74) is -0.0463. The van der Waals surface area contributed by atoms with Crippen LogP contribution in [0.4, 0.5) is 4.79 Å². The highest BCUT2D eigenvalue weighted by Gasteiger charge is 2.35. The fraction of sp³-hybridized carbons (Fsp3) is 0.429. The minimum atomic E-state index is -0.952. The monoisotopic (exact) mass is 260 g/mol. The molecule has 0 aliphatic carbocycles. The van der Waals surface area contributed by atoms with Gasteiger partial charge in [0.05, 0.1) is 12.7 Å². The van der Waals surface area contributed by atoms with Crippen molar-refractivity contribution in [2.75, 3.05) is 13.2 Å². The molecule has 1 aliphatic rings. The third-order valence-electron chi connectivity index (χ3n) is 3.01. The molecule has 0 bridgehead atoms. The quantitative estimate of drug-likeness (QED) is 0.902. The molecular formula is C14H16N2O3. The molecule has 0 radical (unpaired) electrons. The summed E-state index contributed by atoms with van der Waals surface area (Å²) in [7, 11) is 0. The predicted octanol–water partition coefficient (Wildman–Crippen LogP) is 1.99. The Bertz CT molecular complexity index is 461. The van der Waals surface area contributed by atoms with Crippen molar-refractivity contribution in [2.45, 2.75) is 25.0 Å². The lowest BCUT2D eigenvalue weighted by atomic mass is 9.94. The van der Waals surface area contributed by atoms with Crippen molar-refractivity contribution in [3.05, 3.63) is 35.9 Å². The van der Waals surface area contributed by atoms with E-state index in [0.29, 0.717) is 13.0 Å². The summed E-state index contributed by atoms with van der Waals surface area (Å²) < 4.78 is 10.3. The number of benzene rings is 1. The van der Waals surface area contributed by atoms with Crippen molar-refractivity contribution in [2.24, 2.45) is 0 Å². The number of ether oxygens (including phenoxy) is 2. The first kappa shape index (κ1) is 13.4. The van der Waals surface area contributed by atoms with Crippen molar-refractivity contribution in [3.8, 4) is 6.07 Å². The normalized spacial score (nSPS) is 22.3. The van der Waals surface area contributed by atoms with Gasteiger partial charge in [-0.2, -0.15) is 5.26 Å². The Hall–Kier alpha value is -2.06. The SMILES string of the molecule is N#CC1(NC(=O)OCc2ccccc2)CCCOC1. The van der Waals surface area contributed by atoms with Crippen molar-refractivity contribution in [3.63, 3.8) is 0 Å². The number of nitrogens with one attached hydrogen (secondary N) is 1. The van der Waals surface area contributed by atoms with Crippen LogP contribution in [-0.4, -0.2) is 24.8 Å². The van der Waals surface area contributed by atoms with Crippen LogP contribution < -0.4 is 5.32 Å². The number of carbonyl (C=O) groups is 1. The fourth-order valence-corrected chi connectivity index (χ4v) is 1.96. The van der Waals surface area contributed by atoms with Crippen LogP contribution in [0.3, 0.4) is 0 Å². The zero-order chi connectivity index (χ0) is 13.6. The Balaban J connectivity index is 1.85. The Labute approximate surface area is 112 Å². The third-order valence-corrected chi connectivity index (χ3v) is 3.01. The summed E-state index contributed by atoms with van der Waals surface area (Å²) in [4.78, 5) is 11.7. The summed E-state index contributed by atoms with van der Waals surface area (Å²) >= 11 is 0. The van der Waals surface area contributed by atoms with Crippen LogP contribution in [-0.2, 0) is 16.1 Å². The van der Waals surface area contributed by atoms with E-state index in [1.165, 1.54) is 0 Å². The van der Waals surface area contributed by atoms with Crippen LogP contribution in [0.2, 0.25) is 0 Å². The highest BCUT2D eigenvalue weighted by Crippen LogP contribution is 2.18. The van der Waals surface area contributed by atoms with Gasteiger partial charge in [-0.1, -0.05) is 30.3 Å². The van der Waals surface area contributed by atoms with Crippen molar-refractivity contribution < 1.29 is 14.3 Å².